The molecule has 3 aromatic rings. The van der Waals surface area contributed by atoms with Gasteiger partial charge < -0.3 is 24.8 Å². The van der Waals surface area contributed by atoms with Crippen LogP contribution in [-0.4, -0.2) is 41.3 Å². The molecule has 14 heteroatoms. The quantitative estimate of drug-likeness (QED) is 0.205. The van der Waals surface area contributed by atoms with Gasteiger partial charge in [-0.3, -0.25) is 10.1 Å². The van der Waals surface area contributed by atoms with E-state index in [1.54, 1.807) is 41.4 Å². The molecule has 0 aliphatic rings. The number of aryl methyl sites for hydroxylation is 1. The number of aromatic amines is 1. The Morgan fingerprint density at radius 3 is 2.27 bits per heavy atom. The summed E-state index contributed by atoms with van der Waals surface area (Å²) >= 11 is 13.3. The SMILES string of the molecule is Cc1ncsc1CCO.O=P(O)(O)O.O=[N+]([O-])c1c(Cl)cccc1-c1c[nH]cc1Cl. The highest BCUT2D eigenvalue weighted by Crippen LogP contribution is 2.38. The van der Waals surface area contributed by atoms with Crippen molar-refractivity contribution < 1.29 is 29.3 Å². The van der Waals surface area contributed by atoms with Gasteiger partial charge in [-0.15, -0.1) is 11.3 Å². The summed E-state index contributed by atoms with van der Waals surface area (Å²) in [5.41, 5.74) is 3.69. The minimum absolute atomic E-state index is 0.0970. The molecular formula is C16H18Cl2N3O7PS. The van der Waals surface area contributed by atoms with Gasteiger partial charge in [-0.25, -0.2) is 9.55 Å². The van der Waals surface area contributed by atoms with E-state index in [1.165, 1.54) is 10.9 Å². The number of phosphoric acid groups is 1. The smallest absolute Gasteiger partial charge is 0.396 e. The maximum atomic E-state index is 10.9. The van der Waals surface area contributed by atoms with Crippen LogP contribution in [0.3, 0.4) is 0 Å². The Balaban J connectivity index is 0.000000270. The molecule has 0 aliphatic carbocycles. The zero-order chi connectivity index (χ0) is 22.9. The maximum Gasteiger partial charge on any atom is 0.466 e. The molecule has 10 nitrogen and oxygen atoms in total. The number of nitrogens with zero attached hydrogens (tertiary/aromatic N) is 2. The summed E-state index contributed by atoms with van der Waals surface area (Å²) < 4.78 is 8.88. The minimum Gasteiger partial charge on any atom is -0.396 e. The van der Waals surface area contributed by atoms with Gasteiger partial charge in [0.2, 0.25) is 0 Å². The third kappa shape index (κ3) is 8.90. The van der Waals surface area contributed by atoms with Crippen LogP contribution in [0.4, 0.5) is 5.69 Å². The highest BCUT2D eigenvalue weighted by atomic mass is 35.5. The lowest BCUT2D eigenvalue weighted by molar-refractivity contribution is -0.384. The number of thiazole rings is 1. The van der Waals surface area contributed by atoms with Crippen molar-refractivity contribution in [2.24, 2.45) is 0 Å². The summed E-state index contributed by atoms with van der Waals surface area (Å²) in [6.07, 6.45) is 3.90. The number of aromatic nitrogens is 2. The highest BCUT2D eigenvalue weighted by molar-refractivity contribution is 7.45. The lowest BCUT2D eigenvalue weighted by atomic mass is 10.1. The van der Waals surface area contributed by atoms with E-state index < -0.39 is 12.7 Å². The third-order valence-corrected chi connectivity index (χ3v) is 4.95. The number of aliphatic hydroxyl groups is 1. The number of rotatable bonds is 4. The Labute approximate surface area is 185 Å². The fourth-order valence-electron chi connectivity index (χ4n) is 2.14. The van der Waals surface area contributed by atoms with E-state index >= 15 is 0 Å². The normalized spacial score (nSPS) is 10.5. The number of nitro benzene ring substituents is 1. The van der Waals surface area contributed by atoms with Crippen LogP contribution in [0, 0.1) is 17.0 Å². The van der Waals surface area contributed by atoms with E-state index in [0.29, 0.717) is 16.1 Å². The fraction of sp³-hybridized carbons (Fsp3) is 0.188. The van der Waals surface area contributed by atoms with Crippen LogP contribution in [0.1, 0.15) is 10.6 Å². The van der Waals surface area contributed by atoms with Gasteiger partial charge in [0.1, 0.15) is 5.02 Å². The van der Waals surface area contributed by atoms with Crippen LogP contribution >= 0.6 is 42.4 Å². The molecule has 5 N–H and O–H groups in total. The first kappa shape index (κ1) is 26.2. The Morgan fingerprint density at radius 1 is 1.20 bits per heavy atom. The topological polar surface area (TPSA) is 170 Å². The van der Waals surface area contributed by atoms with Crippen molar-refractivity contribution in [2.45, 2.75) is 13.3 Å². The van der Waals surface area contributed by atoms with Gasteiger partial charge >= 0.3 is 7.82 Å². The van der Waals surface area contributed by atoms with Gasteiger partial charge in [-0.1, -0.05) is 29.3 Å². The Hall–Kier alpha value is -1.82. The summed E-state index contributed by atoms with van der Waals surface area (Å²) in [5, 5.41) is 20.0. The Morgan fingerprint density at radius 2 is 1.83 bits per heavy atom. The number of H-pyrrole nitrogens is 1. The summed E-state index contributed by atoms with van der Waals surface area (Å²) in [6.45, 7) is 2.19. The summed E-state index contributed by atoms with van der Waals surface area (Å²) in [6, 6.07) is 4.73. The summed E-state index contributed by atoms with van der Waals surface area (Å²) in [7, 11) is -4.64. The first-order valence-corrected chi connectivity index (χ1v) is 11.2. The van der Waals surface area contributed by atoms with Gasteiger partial charge in [-0.05, 0) is 19.1 Å². The van der Waals surface area contributed by atoms with Crippen LogP contribution < -0.4 is 0 Å². The van der Waals surface area contributed by atoms with Crippen LogP contribution in [0.25, 0.3) is 11.1 Å². The second-order valence-corrected chi connectivity index (χ2v) is 8.24. The van der Waals surface area contributed by atoms with Crippen LogP contribution in [0.15, 0.2) is 36.1 Å². The molecule has 0 radical (unpaired) electrons. The van der Waals surface area contributed by atoms with Crippen molar-refractivity contribution in [2.75, 3.05) is 6.61 Å². The van der Waals surface area contributed by atoms with E-state index in [4.69, 9.17) is 47.6 Å². The fourth-order valence-corrected chi connectivity index (χ4v) is 3.37. The molecule has 0 aliphatic heterocycles. The number of nitrogens with one attached hydrogen (secondary N) is 1. The molecule has 164 valence electrons. The summed E-state index contributed by atoms with van der Waals surface area (Å²) in [5.74, 6) is 0. The van der Waals surface area contributed by atoms with Crippen LogP contribution in [-0.2, 0) is 11.0 Å². The second kappa shape index (κ2) is 12.1. The van der Waals surface area contributed by atoms with Gasteiger partial charge in [0, 0.05) is 35.9 Å². The van der Waals surface area contributed by atoms with Gasteiger partial charge in [0.05, 0.1) is 26.7 Å². The highest BCUT2D eigenvalue weighted by Gasteiger charge is 2.21. The summed E-state index contributed by atoms with van der Waals surface area (Å²) in [4.78, 5) is 40.0. The Kier molecular flexibility index (Phi) is 10.6. The molecular weight excluding hydrogens is 480 g/mol. The number of halogens is 2. The zero-order valence-electron chi connectivity index (χ0n) is 15.4. The molecule has 30 heavy (non-hydrogen) atoms. The van der Waals surface area contributed by atoms with Gasteiger partial charge in [0.25, 0.3) is 5.69 Å². The largest absolute Gasteiger partial charge is 0.466 e. The van der Waals surface area contributed by atoms with E-state index in [1.807, 2.05) is 6.92 Å². The van der Waals surface area contributed by atoms with Crippen molar-refractivity contribution >= 4 is 48.0 Å². The Bertz CT molecular complexity index is 1010. The van der Waals surface area contributed by atoms with Crippen molar-refractivity contribution in [1.82, 2.24) is 9.97 Å². The third-order valence-electron chi connectivity index (χ3n) is 3.34. The molecule has 2 heterocycles. The standard InChI is InChI=1S/C10H6Cl2N2O2.C6H9NOS.H3O4P/c11-8-3-1-2-6(10(8)14(15)16)7-4-13-5-9(7)12;1-5-6(2-3-8)9-4-7-5;1-5(2,3)4/h1-5,13H;4,8H,2-3H2,1H3;(H3,1,2,3,4). The van der Waals surface area contributed by atoms with Crippen molar-refractivity contribution in [3.8, 4) is 11.1 Å². The number of hydrogen-bond acceptors (Lipinski definition) is 6. The lowest BCUT2D eigenvalue weighted by Gasteiger charge is -2.02. The molecule has 0 bridgehead atoms. The first-order valence-electron chi connectivity index (χ1n) is 7.99. The van der Waals surface area contributed by atoms with E-state index in [2.05, 4.69) is 9.97 Å². The number of aliphatic hydroxyl groups excluding tert-OH is 1. The monoisotopic (exact) mass is 497 g/mol. The predicted octanol–water partition coefficient (Wildman–Crippen LogP) is 3.95. The van der Waals surface area contributed by atoms with Crippen LogP contribution in [0.2, 0.25) is 10.0 Å². The molecule has 0 fully saturated rings. The zero-order valence-corrected chi connectivity index (χ0v) is 18.6. The van der Waals surface area contributed by atoms with Crippen molar-refractivity contribution in [3.63, 3.8) is 0 Å². The van der Waals surface area contributed by atoms with E-state index in [9.17, 15) is 10.1 Å². The van der Waals surface area contributed by atoms with Crippen molar-refractivity contribution in [1.29, 1.82) is 0 Å². The molecule has 0 saturated heterocycles. The molecule has 3 rings (SSSR count). The van der Waals surface area contributed by atoms with E-state index in [0.717, 1.165) is 12.1 Å². The minimum atomic E-state index is -4.64. The predicted molar refractivity (Wildman–Crippen MR) is 115 cm³/mol. The van der Waals surface area contributed by atoms with Gasteiger partial charge in [-0.2, -0.15) is 0 Å². The number of para-hydroxylation sites is 1. The number of benzene rings is 1. The van der Waals surface area contributed by atoms with E-state index in [-0.39, 0.29) is 17.3 Å². The van der Waals surface area contributed by atoms with Crippen LogP contribution in [0.5, 0.6) is 0 Å². The molecule has 1 aromatic carbocycles. The number of nitro groups is 1. The second-order valence-electron chi connectivity index (χ2n) is 5.46. The lowest BCUT2D eigenvalue weighted by Crippen LogP contribution is -1.92. The average Bonchev–Trinajstić information content (AvgIpc) is 3.22. The molecule has 0 amide bonds. The maximum absolute atomic E-state index is 10.9. The molecule has 0 spiro atoms. The first-order chi connectivity index (χ1) is 14.0. The van der Waals surface area contributed by atoms with Crippen molar-refractivity contribution in [3.05, 3.63) is 66.8 Å². The average molecular weight is 498 g/mol. The number of hydrogen-bond donors (Lipinski definition) is 5. The van der Waals surface area contributed by atoms with Gasteiger partial charge in [0.15, 0.2) is 0 Å². The molecule has 0 atom stereocenters. The molecule has 0 unspecified atom stereocenters. The molecule has 2 aromatic heterocycles. The molecule has 0 saturated carbocycles.